The Labute approximate surface area is 217 Å². The van der Waals surface area contributed by atoms with Crippen molar-refractivity contribution in [3.05, 3.63) is 77.1 Å². The number of ketones is 1. The molecule has 1 saturated heterocycles. The standard InChI is InChI=1S/C28H25FN2O5S/c1-34-26-14-17(8-9-25(26)36-18-10-12-35-13-11-18)28(33)30-15-24(32)23-7-3-6-22(31-23)20-16-37-27-19(20)4-2-5-21(27)29/h2-9,14,16,18H,10-13,15H2,1H3,(H,30,33). The number of carbonyl (C=O) groups excluding carboxylic acids is 2. The second-order valence-corrected chi connectivity index (χ2v) is 9.45. The summed E-state index contributed by atoms with van der Waals surface area (Å²) in [6.07, 6.45) is 1.62. The van der Waals surface area contributed by atoms with Crippen molar-refractivity contribution < 1.29 is 28.2 Å². The lowest BCUT2D eigenvalue weighted by atomic mass is 10.1. The van der Waals surface area contributed by atoms with Gasteiger partial charge in [0.25, 0.3) is 5.91 Å². The third-order valence-electron chi connectivity index (χ3n) is 6.16. The predicted octanol–water partition coefficient (Wildman–Crippen LogP) is 5.28. The number of ether oxygens (including phenoxy) is 3. The number of hydrogen-bond donors (Lipinski definition) is 1. The maximum atomic E-state index is 14.1. The summed E-state index contributed by atoms with van der Waals surface area (Å²) in [6.45, 7) is 1.08. The summed E-state index contributed by atoms with van der Waals surface area (Å²) < 4.78 is 31.4. The van der Waals surface area contributed by atoms with E-state index in [9.17, 15) is 14.0 Å². The second-order valence-electron chi connectivity index (χ2n) is 8.58. The van der Waals surface area contributed by atoms with E-state index in [-0.39, 0.29) is 29.9 Å². The first-order valence-corrected chi connectivity index (χ1v) is 12.8. The fourth-order valence-corrected chi connectivity index (χ4v) is 5.16. The van der Waals surface area contributed by atoms with Crippen molar-refractivity contribution in [2.45, 2.75) is 18.9 Å². The van der Waals surface area contributed by atoms with Crippen molar-refractivity contribution in [3.8, 4) is 22.8 Å². The van der Waals surface area contributed by atoms with Gasteiger partial charge < -0.3 is 19.5 Å². The minimum Gasteiger partial charge on any atom is -0.493 e. The number of methoxy groups -OCH3 is 1. The highest BCUT2D eigenvalue weighted by atomic mass is 32.1. The summed E-state index contributed by atoms with van der Waals surface area (Å²) in [5.41, 5.74) is 1.89. The highest BCUT2D eigenvalue weighted by Gasteiger charge is 2.19. The molecule has 5 rings (SSSR count). The number of nitrogens with zero attached hydrogens (tertiary/aromatic N) is 1. The van der Waals surface area contributed by atoms with Crippen LogP contribution in [0, 0.1) is 5.82 Å². The van der Waals surface area contributed by atoms with Gasteiger partial charge in [-0.05, 0) is 36.4 Å². The number of pyridine rings is 1. The number of carbonyl (C=O) groups is 2. The number of fused-ring (bicyclic) bond motifs is 1. The summed E-state index contributed by atoms with van der Waals surface area (Å²) in [5, 5.41) is 5.22. The molecular weight excluding hydrogens is 495 g/mol. The molecule has 0 atom stereocenters. The van der Waals surface area contributed by atoms with Gasteiger partial charge in [0.05, 0.1) is 37.3 Å². The van der Waals surface area contributed by atoms with Crippen LogP contribution in [0.15, 0.2) is 60.0 Å². The van der Waals surface area contributed by atoms with Crippen LogP contribution in [-0.2, 0) is 4.74 Å². The zero-order chi connectivity index (χ0) is 25.8. The van der Waals surface area contributed by atoms with Crippen molar-refractivity contribution >= 4 is 33.1 Å². The number of thiophene rings is 1. The summed E-state index contributed by atoms with van der Waals surface area (Å²) in [4.78, 5) is 30.1. The third-order valence-corrected chi connectivity index (χ3v) is 7.16. The maximum Gasteiger partial charge on any atom is 0.251 e. The average molecular weight is 521 g/mol. The molecule has 9 heteroatoms. The van der Waals surface area contributed by atoms with Crippen molar-refractivity contribution in [3.63, 3.8) is 0 Å². The predicted molar refractivity (Wildman–Crippen MR) is 139 cm³/mol. The number of aromatic nitrogens is 1. The fourth-order valence-electron chi connectivity index (χ4n) is 4.19. The summed E-state index contributed by atoms with van der Waals surface area (Å²) >= 11 is 1.29. The minimum absolute atomic E-state index is 0.0364. The molecular formula is C28H25FN2O5S. The molecule has 0 radical (unpaired) electrons. The molecule has 4 aromatic rings. The van der Waals surface area contributed by atoms with Crippen LogP contribution in [0.4, 0.5) is 4.39 Å². The monoisotopic (exact) mass is 520 g/mol. The zero-order valence-corrected chi connectivity index (χ0v) is 21.0. The lowest BCUT2D eigenvalue weighted by molar-refractivity contribution is 0.0245. The Balaban J connectivity index is 1.25. The van der Waals surface area contributed by atoms with E-state index in [1.807, 2.05) is 11.4 Å². The summed E-state index contributed by atoms with van der Waals surface area (Å²) in [7, 11) is 1.51. The lowest BCUT2D eigenvalue weighted by Crippen LogP contribution is -2.30. The van der Waals surface area contributed by atoms with Crippen molar-refractivity contribution in [2.24, 2.45) is 0 Å². The van der Waals surface area contributed by atoms with Gasteiger partial charge in [0.1, 0.15) is 17.6 Å². The molecule has 2 aromatic heterocycles. The Morgan fingerprint density at radius 2 is 1.92 bits per heavy atom. The summed E-state index contributed by atoms with van der Waals surface area (Å²) in [5.74, 6) is -0.0429. The Hall–Kier alpha value is -3.82. The minimum atomic E-state index is -0.417. The lowest BCUT2D eigenvalue weighted by Gasteiger charge is -2.24. The number of benzene rings is 2. The molecule has 7 nitrogen and oxygen atoms in total. The van der Waals surface area contributed by atoms with Gasteiger partial charge in [0.15, 0.2) is 17.3 Å². The van der Waals surface area contributed by atoms with E-state index in [0.717, 1.165) is 23.8 Å². The quantitative estimate of drug-likeness (QED) is 0.318. The molecule has 1 fully saturated rings. The molecule has 1 aliphatic rings. The largest absolute Gasteiger partial charge is 0.493 e. The highest BCUT2D eigenvalue weighted by Crippen LogP contribution is 2.34. The molecule has 0 unspecified atom stereocenters. The van der Waals surface area contributed by atoms with E-state index in [0.29, 0.717) is 40.7 Å². The zero-order valence-electron chi connectivity index (χ0n) is 20.2. The van der Waals surface area contributed by atoms with Crippen molar-refractivity contribution in [1.82, 2.24) is 10.3 Å². The molecule has 37 heavy (non-hydrogen) atoms. The topological polar surface area (TPSA) is 86.8 Å². The number of hydrogen-bond acceptors (Lipinski definition) is 7. The van der Waals surface area contributed by atoms with Crippen LogP contribution in [0.2, 0.25) is 0 Å². The molecule has 2 aromatic carbocycles. The molecule has 190 valence electrons. The average Bonchev–Trinajstić information content (AvgIpc) is 3.38. The Morgan fingerprint density at radius 3 is 2.73 bits per heavy atom. The van der Waals surface area contributed by atoms with Gasteiger partial charge in [0.2, 0.25) is 0 Å². The van der Waals surface area contributed by atoms with Crippen LogP contribution in [0.3, 0.4) is 0 Å². The second kappa shape index (κ2) is 11.1. The van der Waals surface area contributed by atoms with Crippen LogP contribution >= 0.6 is 11.3 Å². The molecule has 0 aliphatic carbocycles. The molecule has 0 spiro atoms. The molecule has 0 bridgehead atoms. The van der Waals surface area contributed by atoms with Crippen LogP contribution in [-0.4, -0.2) is 49.6 Å². The van der Waals surface area contributed by atoms with Crippen LogP contribution in [0.5, 0.6) is 11.5 Å². The summed E-state index contributed by atoms with van der Waals surface area (Å²) in [6, 6.07) is 14.9. The van der Waals surface area contributed by atoms with Gasteiger partial charge in [-0.25, -0.2) is 9.37 Å². The number of halogens is 1. The van der Waals surface area contributed by atoms with Crippen molar-refractivity contribution in [2.75, 3.05) is 26.9 Å². The molecule has 1 aliphatic heterocycles. The molecule has 1 amide bonds. The Morgan fingerprint density at radius 1 is 1.11 bits per heavy atom. The van der Waals surface area contributed by atoms with Gasteiger partial charge in [-0.2, -0.15) is 0 Å². The number of Topliss-reactive ketones (excluding diaryl/α,β-unsaturated/α-hetero) is 1. The van der Waals surface area contributed by atoms with Gasteiger partial charge in [-0.3, -0.25) is 9.59 Å². The van der Waals surface area contributed by atoms with E-state index >= 15 is 0 Å². The Kier molecular flexibility index (Phi) is 7.43. The number of nitrogens with one attached hydrogen (secondary N) is 1. The normalized spacial score (nSPS) is 13.9. The first kappa shape index (κ1) is 24.9. The SMILES string of the molecule is COc1cc(C(=O)NCC(=O)c2cccc(-c3csc4c(F)cccc34)n2)ccc1OC1CCOCC1. The molecule has 3 heterocycles. The van der Waals surface area contributed by atoms with E-state index in [2.05, 4.69) is 10.3 Å². The number of rotatable bonds is 8. The highest BCUT2D eigenvalue weighted by molar-refractivity contribution is 7.17. The first-order valence-electron chi connectivity index (χ1n) is 11.9. The molecule has 0 saturated carbocycles. The van der Waals surface area contributed by atoms with Gasteiger partial charge in [-0.1, -0.05) is 18.2 Å². The van der Waals surface area contributed by atoms with Crippen molar-refractivity contribution in [1.29, 1.82) is 0 Å². The maximum absolute atomic E-state index is 14.1. The van der Waals surface area contributed by atoms with E-state index < -0.39 is 5.91 Å². The van der Waals surface area contributed by atoms with Gasteiger partial charge in [0, 0.05) is 34.7 Å². The third kappa shape index (κ3) is 5.47. The van der Waals surface area contributed by atoms with Gasteiger partial charge >= 0.3 is 0 Å². The van der Waals surface area contributed by atoms with E-state index in [1.54, 1.807) is 42.5 Å². The van der Waals surface area contributed by atoms with Crippen LogP contribution in [0.1, 0.15) is 33.7 Å². The van der Waals surface area contributed by atoms with E-state index in [4.69, 9.17) is 14.2 Å². The fraction of sp³-hybridized carbons (Fsp3) is 0.250. The van der Waals surface area contributed by atoms with Crippen LogP contribution < -0.4 is 14.8 Å². The smallest absolute Gasteiger partial charge is 0.251 e. The Bertz CT molecular complexity index is 1450. The van der Waals surface area contributed by atoms with Crippen LogP contribution in [0.25, 0.3) is 21.3 Å². The van der Waals surface area contributed by atoms with Gasteiger partial charge in [-0.15, -0.1) is 11.3 Å². The first-order chi connectivity index (χ1) is 18.0. The number of amides is 1. The van der Waals surface area contributed by atoms with E-state index in [1.165, 1.54) is 24.5 Å². The molecule has 1 N–H and O–H groups in total.